The highest BCUT2D eigenvalue weighted by atomic mass is 16.6. The van der Waals surface area contributed by atoms with E-state index in [0.29, 0.717) is 22.6 Å². The molecule has 0 atom stereocenters. The molecule has 8 heteroatoms. The number of hydrogen-bond donors (Lipinski definition) is 0. The molecule has 8 nitrogen and oxygen atoms in total. The van der Waals surface area contributed by atoms with Gasteiger partial charge in [0, 0.05) is 30.2 Å². The maximum absolute atomic E-state index is 12.7. The quantitative estimate of drug-likeness (QED) is 0.170. The van der Waals surface area contributed by atoms with E-state index in [4.69, 9.17) is 18.9 Å². The SMILES string of the molecule is C=CC(=O)Oc1ccc(-c2ccc(/C=C/C(=O)Cc3ccc(OC(=O)C=C)c(OC(=O)C=C)c3)c(OC)c2)cc1. The lowest BCUT2D eigenvalue weighted by Crippen LogP contribution is -2.09. The van der Waals surface area contributed by atoms with Crippen molar-refractivity contribution in [3.63, 3.8) is 0 Å². The second-order valence-corrected chi connectivity index (χ2v) is 8.11. The summed E-state index contributed by atoms with van der Waals surface area (Å²) in [6.45, 7) is 10.1. The van der Waals surface area contributed by atoms with Gasteiger partial charge in [-0.25, -0.2) is 14.4 Å². The standard InChI is InChI=1S/C32H26O8/c1-5-30(34)38-26-15-12-22(13-16-26)24-10-9-23(28(20-24)37-4)11-14-25(33)18-21-8-17-27(39-31(35)6-2)29(19-21)40-32(36)7-3/h5-17,19-20H,1-3,18H2,4H3/b14-11+. The zero-order valence-corrected chi connectivity index (χ0v) is 21.8. The topological polar surface area (TPSA) is 105 Å². The lowest BCUT2D eigenvalue weighted by molar-refractivity contribution is -0.131. The Morgan fingerprint density at radius 3 is 1.90 bits per heavy atom. The van der Waals surface area contributed by atoms with Crippen LogP contribution in [-0.2, 0) is 25.6 Å². The van der Waals surface area contributed by atoms with Crippen molar-refractivity contribution in [1.82, 2.24) is 0 Å². The summed E-state index contributed by atoms with van der Waals surface area (Å²) < 4.78 is 20.9. The lowest BCUT2D eigenvalue weighted by Gasteiger charge is -2.10. The molecule has 0 heterocycles. The molecule has 0 aromatic heterocycles. The molecule has 3 aromatic rings. The third-order valence-electron chi connectivity index (χ3n) is 5.40. The predicted octanol–water partition coefficient (Wildman–Crippen LogP) is 5.46. The maximum atomic E-state index is 12.7. The van der Waals surface area contributed by atoms with Crippen LogP contribution < -0.4 is 18.9 Å². The molecule has 0 saturated heterocycles. The van der Waals surface area contributed by atoms with Crippen molar-refractivity contribution in [2.45, 2.75) is 6.42 Å². The van der Waals surface area contributed by atoms with E-state index < -0.39 is 17.9 Å². The molecule has 0 aliphatic carbocycles. The molecule has 0 fully saturated rings. The highest BCUT2D eigenvalue weighted by Crippen LogP contribution is 2.31. The van der Waals surface area contributed by atoms with E-state index in [0.717, 1.165) is 29.4 Å². The molecule has 0 aliphatic rings. The van der Waals surface area contributed by atoms with E-state index in [2.05, 4.69) is 19.7 Å². The van der Waals surface area contributed by atoms with Gasteiger partial charge in [0.25, 0.3) is 0 Å². The summed E-state index contributed by atoms with van der Waals surface area (Å²) in [4.78, 5) is 47.4. The molecule has 3 rings (SSSR count). The van der Waals surface area contributed by atoms with Gasteiger partial charge < -0.3 is 18.9 Å². The van der Waals surface area contributed by atoms with Gasteiger partial charge in [-0.3, -0.25) is 4.79 Å². The molecule has 202 valence electrons. The Morgan fingerprint density at radius 2 is 1.27 bits per heavy atom. The zero-order chi connectivity index (χ0) is 29.1. The molecule has 3 aromatic carbocycles. The van der Waals surface area contributed by atoms with Gasteiger partial charge in [0.1, 0.15) is 11.5 Å². The highest BCUT2D eigenvalue weighted by molar-refractivity contribution is 5.95. The van der Waals surface area contributed by atoms with Crippen LogP contribution in [0.3, 0.4) is 0 Å². The first-order chi connectivity index (χ1) is 19.3. The number of carbonyl (C=O) groups excluding carboxylic acids is 4. The number of ketones is 1. The molecule has 40 heavy (non-hydrogen) atoms. The summed E-state index contributed by atoms with van der Waals surface area (Å²) >= 11 is 0. The first-order valence-corrected chi connectivity index (χ1v) is 11.9. The first-order valence-electron chi connectivity index (χ1n) is 11.9. The number of allylic oxidation sites excluding steroid dienone is 1. The molecule has 0 spiro atoms. The summed E-state index contributed by atoms with van der Waals surface area (Å²) in [6.07, 6.45) is 6.08. The van der Waals surface area contributed by atoms with Gasteiger partial charge in [-0.2, -0.15) is 0 Å². The summed E-state index contributed by atoms with van der Waals surface area (Å²) in [7, 11) is 1.53. The van der Waals surface area contributed by atoms with Gasteiger partial charge in [0.2, 0.25) is 0 Å². The number of methoxy groups -OCH3 is 1. The van der Waals surface area contributed by atoms with Crippen LogP contribution in [0, 0.1) is 0 Å². The van der Waals surface area contributed by atoms with Crippen molar-refractivity contribution >= 4 is 29.8 Å². The largest absolute Gasteiger partial charge is 0.496 e. The number of hydrogen-bond acceptors (Lipinski definition) is 8. The zero-order valence-electron chi connectivity index (χ0n) is 21.8. The van der Waals surface area contributed by atoms with Crippen LogP contribution >= 0.6 is 0 Å². The Hall–Kier alpha value is -5.50. The van der Waals surface area contributed by atoms with Gasteiger partial charge in [-0.1, -0.05) is 50.1 Å². The van der Waals surface area contributed by atoms with Gasteiger partial charge in [0.05, 0.1) is 7.11 Å². The number of ether oxygens (including phenoxy) is 4. The van der Waals surface area contributed by atoms with Crippen LogP contribution in [0.5, 0.6) is 23.0 Å². The van der Waals surface area contributed by atoms with Crippen molar-refractivity contribution in [1.29, 1.82) is 0 Å². The van der Waals surface area contributed by atoms with Crippen molar-refractivity contribution in [2.24, 2.45) is 0 Å². The van der Waals surface area contributed by atoms with E-state index in [9.17, 15) is 19.2 Å². The molecule has 0 amide bonds. The molecule has 0 radical (unpaired) electrons. The van der Waals surface area contributed by atoms with Gasteiger partial charge in [-0.15, -0.1) is 0 Å². The second-order valence-electron chi connectivity index (χ2n) is 8.11. The first kappa shape index (κ1) is 29.1. The summed E-state index contributed by atoms with van der Waals surface area (Å²) in [5, 5.41) is 0. The molecule has 0 saturated carbocycles. The minimum atomic E-state index is -0.748. The molecule has 0 N–H and O–H groups in total. The van der Waals surface area contributed by atoms with E-state index in [1.165, 1.54) is 25.3 Å². The minimum Gasteiger partial charge on any atom is -0.496 e. The monoisotopic (exact) mass is 538 g/mol. The van der Waals surface area contributed by atoms with Crippen molar-refractivity contribution in [3.05, 3.63) is 116 Å². The fourth-order valence-electron chi connectivity index (χ4n) is 3.47. The van der Waals surface area contributed by atoms with Crippen molar-refractivity contribution in [2.75, 3.05) is 7.11 Å². The Balaban J connectivity index is 1.75. The molecular weight excluding hydrogens is 512 g/mol. The molecular formula is C32H26O8. The van der Waals surface area contributed by atoms with Gasteiger partial charge >= 0.3 is 17.9 Å². The predicted molar refractivity (Wildman–Crippen MR) is 150 cm³/mol. The lowest BCUT2D eigenvalue weighted by atomic mass is 10.0. The van der Waals surface area contributed by atoms with Crippen LogP contribution in [0.1, 0.15) is 11.1 Å². The van der Waals surface area contributed by atoms with Crippen molar-refractivity contribution < 1.29 is 38.1 Å². The van der Waals surface area contributed by atoms with Crippen LogP contribution in [0.15, 0.2) is 105 Å². The minimum absolute atomic E-state index is 0.00378. The second kappa shape index (κ2) is 13.9. The van der Waals surface area contributed by atoms with E-state index in [-0.39, 0.29) is 23.7 Å². The number of benzene rings is 3. The maximum Gasteiger partial charge on any atom is 0.335 e. The molecule has 0 unspecified atom stereocenters. The average molecular weight is 539 g/mol. The van der Waals surface area contributed by atoms with E-state index in [1.54, 1.807) is 24.3 Å². The Kier molecular flexibility index (Phi) is 10.1. The smallest absolute Gasteiger partial charge is 0.335 e. The Labute approximate surface area is 231 Å². The van der Waals surface area contributed by atoms with Gasteiger partial charge in [-0.05, 0) is 59.2 Å². The van der Waals surface area contributed by atoms with Crippen LogP contribution in [0.25, 0.3) is 17.2 Å². The average Bonchev–Trinajstić information content (AvgIpc) is 2.97. The van der Waals surface area contributed by atoms with Gasteiger partial charge in [0.15, 0.2) is 17.3 Å². The third-order valence-corrected chi connectivity index (χ3v) is 5.40. The Bertz CT molecular complexity index is 1500. The normalized spacial score (nSPS) is 10.3. The van der Waals surface area contributed by atoms with Crippen LogP contribution in [0.2, 0.25) is 0 Å². The summed E-state index contributed by atoms with van der Waals surface area (Å²) in [5.74, 6) is -1.32. The van der Waals surface area contributed by atoms with E-state index >= 15 is 0 Å². The Morgan fingerprint density at radius 1 is 0.675 bits per heavy atom. The molecule has 0 aliphatic heterocycles. The number of carbonyl (C=O) groups is 4. The van der Waals surface area contributed by atoms with Crippen molar-refractivity contribution in [3.8, 4) is 34.1 Å². The summed E-state index contributed by atoms with van der Waals surface area (Å²) in [5.41, 5.74) is 2.95. The highest BCUT2D eigenvalue weighted by Gasteiger charge is 2.14. The fourth-order valence-corrected chi connectivity index (χ4v) is 3.47. The number of rotatable bonds is 12. The number of esters is 3. The molecule has 0 bridgehead atoms. The fraction of sp³-hybridized carbons (Fsp3) is 0.0625. The van der Waals surface area contributed by atoms with Crippen LogP contribution in [-0.4, -0.2) is 30.8 Å². The third kappa shape index (κ3) is 8.00. The van der Waals surface area contributed by atoms with Crippen LogP contribution in [0.4, 0.5) is 0 Å². The summed E-state index contributed by atoms with van der Waals surface area (Å²) in [6, 6.07) is 17.0. The van der Waals surface area contributed by atoms with E-state index in [1.807, 2.05) is 30.3 Å².